The van der Waals surface area contributed by atoms with Crippen molar-refractivity contribution in [1.82, 2.24) is 10.2 Å². The fraction of sp³-hybridized carbons (Fsp3) is 0.684. The number of nitrogens with one attached hydrogen (secondary N) is 2. The molecule has 0 aromatic heterocycles. The van der Waals surface area contributed by atoms with Gasteiger partial charge in [-0.1, -0.05) is 13.5 Å². The van der Waals surface area contributed by atoms with Crippen molar-refractivity contribution in [3.8, 4) is 0 Å². The van der Waals surface area contributed by atoms with E-state index in [1.165, 1.54) is 12.6 Å². The fourth-order valence-corrected chi connectivity index (χ4v) is 2.70. The van der Waals surface area contributed by atoms with Crippen LogP contribution < -0.4 is 5.32 Å². The first-order valence-electron chi connectivity index (χ1n) is 9.02. The van der Waals surface area contributed by atoms with E-state index in [0.29, 0.717) is 5.92 Å². The third kappa shape index (κ3) is 7.88. The molecule has 0 aliphatic carbocycles. The molecule has 1 fully saturated rings. The Morgan fingerprint density at radius 3 is 2.75 bits per heavy atom. The third-order valence-corrected chi connectivity index (χ3v) is 4.38. The first kappa shape index (κ1) is 20.6. The Morgan fingerprint density at radius 1 is 1.42 bits per heavy atom. The molecule has 3 atom stereocenters. The van der Waals surface area contributed by atoms with Crippen LogP contribution in [0.15, 0.2) is 29.5 Å². The van der Waals surface area contributed by atoms with E-state index in [4.69, 9.17) is 10.1 Å². The first-order chi connectivity index (χ1) is 11.6. The maximum absolute atomic E-state index is 7.64. The van der Waals surface area contributed by atoms with Gasteiger partial charge in [-0.2, -0.15) is 0 Å². The molecule has 0 bridgehead atoms. The zero-order valence-corrected chi connectivity index (χ0v) is 15.5. The second kappa shape index (κ2) is 12.0. The van der Waals surface area contributed by atoms with E-state index in [-0.39, 0.29) is 12.3 Å². The van der Waals surface area contributed by atoms with Gasteiger partial charge in [-0.05, 0) is 50.5 Å². The SMILES string of the molecule is C=C/C(=C\N=C[C@@H](CC)CCC(C=N)NC1CCCCO1)N(C)C. The van der Waals surface area contributed by atoms with E-state index in [1.807, 2.05) is 31.4 Å². The Bertz CT molecular complexity index is 425. The molecule has 0 radical (unpaired) electrons. The molecule has 0 aromatic carbocycles. The normalized spacial score (nSPS) is 21.5. The van der Waals surface area contributed by atoms with Crippen LogP contribution in [0.5, 0.6) is 0 Å². The number of hydrogen-bond donors (Lipinski definition) is 2. The number of aliphatic imine (C=N–C) groups is 1. The van der Waals surface area contributed by atoms with Crippen molar-refractivity contribution in [2.45, 2.75) is 57.7 Å². The number of rotatable bonds is 11. The highest BCUT2D eigenvalue weighted by molar-refractivity contribution is 5.63. The standard InChI is InChI=1S/C19H34N4O/c1-5-16(14-21-15-18(6-2)23(3)4)10-11-17(13-20)22-19-9-7-8-12-24-19/h6,13-17,19-20,22H,2,5,7-12H2,1,3-4H3/b18-15+,20-13?,21-14?/t16-,17?,19?/m0/s1. The molecule has 1 rings (SSSR count). The average molecular weight is 335 g/mol. The van der Waals surface area contributed by atoms with Crippen molar-refractivity contribution in [3.05, 3.63) is 24.6 Å². The molecule has 0 saturated carbocycles. The lowest BCUT2D eigenvalue weighted by Crippen LogP contribution is -2.42. The highest BCUT2D eigenvalue weighted by Gasteiger charge is 2.17. The van der Waals surface area contributed by atoms with E-state index in [9.17, 15) is 0 Å². The predicted molar refractivity (Wildman–Crippen MR) is 103 cm³/mol. The van der Waals surface area contributed by atoms with E-state index in [0.717, 1.165) is 44.4 Å². The fourth-order valence-electron chi connectivity index (χ4n) is 2.70. The zero-order valence-electron chi connectivity index (χ0n) is 15.5. The largest absolute Gasteiger partial charge is 0.376 e. The molecule has 2 unspecified atom stereocenters. The maximum Gasteiger partial charge on any atom is 0.108 e. The van der Waals surface area contributed by atoms with Gasteiger partial charge in [-0.15, -0.1) is 0 Å². The molecule has 1 aliphatic heterocycles. The van der Waals surface area contributed by atoms with Gasteiger partial charge in [0.15, 0.2) is 0 Å². The topological polar surface area (TPSA) is 60.7 Å². The molecular formula is C19H34N4O. The molecule has 2 N–H and O–H groups in total. The zero-order chi connectivity index (χ0) is 17.8. The van der Waals surface area contributed by atoms with Crippen LogP contribution in [-0.4, -0.2) is 50.3 Å². The van der Waals surface area contributed by atoms with Gasteiger partial charge in [0.25, 0.3) is 0 Å². The van der Waals surface area contributed by atoms with Crippen LogP contribution in [0.25, 0.3) is 0 Å². The quantitative estimate of drug-likeness (QED) is 0.448. The number of hydrogen-bond acceptors (Lipinski definition) is 5. The molecule has 136 valence electrons. The van der Waals surface area contributed by atoms with Gasteiger partial charge in [0.05, 0.1) is 5.70 Å². The van der Waals surface area contributed by atoms with Crippen molar-refractivity contribution in [2.24, 2.45) is 10.9 Å². The molecule has 1 heterocycles. The lowest BCUT2D eigenvalue weighted by molar-refractivity contribution is -0.00850. The minimum Gasteiger partial charge on any atom is -0.376 e. The maximum atomic E-state index is 7.64. The second-order valence-corrected chi connectivity index (χ2v) is 6.49. The molecule has 0 aromatic rings. The highest BCUT2D eigenvalue weighted by Crippen LogP contribution is 2.14. The predicted octanol–water partition coefficient (Wildman–Crippen LogP) is 3.59. The summed E-state index contributed by atoms with van der Waals surface area (Å²) < 4.78 is 5.71. The summed E-state index contributed by atoms with van der Waals surface area (Å²) in [4.78, 5) is 6.44. The van der Waals surface area contributed by atoms with Crippen LogP contribution in [0, 0.1) is 11.3 Å². The monoisotopic (exact) mass is 334 g/mol. The van der Waals surface area contributed by atoms with Crippen molar-refractivity contribution in [3.63, 3.8) is 0 Å². The molecule has 24 heavy (non-hydrogen) atoms. The van der Waals surface area contributed by atoms with Crippen LogP contribution in [0.3, 0.4) is 0 Å². The number of allylic oxidation sites excluding steroid dienone is 1. The minimum atomic E-state index is 0.0802. The average Bonchev–Trinajstić information content (AvgIpc) is 2.60. The van der Waals surface area contributed by atoms with Crippen molar-refractivity contribution >= 4 is 12.4 Å². The number of ether oxygens (including phenoxy) is 1. The van der Waals surface area contributed by atoms with E-state index in [1.54, 1.807) is 6.08 Å². The van der Waals surface area contributed by atoms with Gasteiger partial charge in [-0.3, -0.25) is 10.3 Å². The van der Waals surface area contributed by atoms with Gasteiger partial charge in [0, 0.05) is 45.4 Å². The summed E-state index contributed by atoms with van der Waals surface area (Å²) in [6.45, 7) is 6.81. The van der Waals surface area contributed by atoms with Gasteiger partial charge >= 0.3 is 0 Å². The number of likely N-dealkylation sites (N-methyl/N-ethyl adjacent to an activating group) is 1. The van der Waals surface area contributed by atoms with Gasteiger partial charge < -0.3 is 15.0 Å². The summed E-state index contributed by atoms with van der Waals surface area (Å²) in [6.07, 6.45) is 13.7. The first-order valence-corrected chi connectivity index (χ1v) is 9.02. The summed E-state index contributed by atoms with van der Waals surface area (Å²) in [7, 11) is 3.96. The van der Waals surface area contributed by atoms with Gasteiger partial charge in [-0.25, -0.2) is 0 Å². The Kier molecular flexibility index (Phi) is 10.3. The summed E-state index contributed by atoms with van der Waals surface area (Å²) in [5.41, 5.74) is 0.995. The van der Waals surface area contributed by atoms with Crippen molar-refractivity contribution in [2.75, 3.05) is 20.7 Å². The molecule has 5 nitrogen and oxygen atoms in total. The highest BCUT2D eigenvalue weighted by atomic mass is 16.5. The van der Waals surface area contributed by atoms with Gasteiger partial charge in [0.2, 0.25) is 0 Å². The third-order valence-electron chi connectivity index (χ3n) is 4.38. The van der Waals surface area contributed by atoms with Crippen LogP contribution in [0.1, 0.15) is 45.4 Å². The van der Waals surface area contributed by atoms with Crippen LogP contribution >= 0.6 is 0 Å². The van der Waals surface area contributed by atoms with E-state index >= 15 is 0 Å². The molecule has 0 spiro atoms. The Morgan fingerprint density at radius 2 is 2.21 bits per heavy atom. The Balaban J connectivity index is 2.45. The van der Waals surface area contributed by atoms with E-state index < -0.39 is 0 Å². The molecule has 1 saturated heterocycles. The minimum absolute atomic E-state index is 0.0802. The smallest absolute Gasteiger partial charge is 0.108 e. The second-order valence-electron chi connectivity index (χ2n) is 6.49. The van der Waals surface area contributed by atoms with Crippen LogP contribution in [0.4, 0.5) is 0 Å². The summed E-state index contributed by atoms with van der Waals surface area (Å²) in [6, 6.07) is 0.0802. The molecule has 5 heteroatoms. The summed E-state index contributed by atoms with van der Waals surface area (Å²) in [5, 5.41) is 11.1. The molecule has 0 amide bonds. The molecular weight excluding hydrogens is 300 g/mol. The van der Waals surface area contributed by atoms with Crippen molar-refractivity contribution in [1.29, 1.82) is 5.41 Å². The summed E-state index contributed by atoms with van der Waals surface area (Å²) >= 11 is 0. The lowest BCUT2D eigenvalue weighted by Gasteiger charge is -2.27. The van der Waals surface area contributed by atoms with Crippen LogP contribution in [0.2, 0.25) is 0 Å². The molecule has 1 aliphatic rings. The van der Waals surface area contributed by atoms with Crippen LogP contribution in [-0.2, 0) is 4.74 Å². The van der Waals surface area contributed by atoms with Gasteiger partial charge in [0.1, 0.15) is 6.23 Å². The number of nitrogens with zero attached hydrogens (tertiary/aromatic N) is 2. The van der Waals surface area contributed by atoms with Crippen molar-refractivity contribution < 1.29 is 4.74 Å². The Labute approximate surface area is 147 Å². The van der Waals surface area contributed by atoms with E-state index in [2.05, 4.69) is 23.8 Å². The lowest BCUT2D eigenvalue weighted by atomic mass is 9.98. The Hall–Kier alpha value is -1.46. The summed E-state index contributed by atoms with van der Waals surface area (Å²) in [5.74, 6) is 0.422.